The van der Waals surface area contributed by atoms with Crippen molar-refractivity contribution in [3.8, 4) is 0 Å². The van der Waals surface area contributed by atoms with Gasteiger partial charge in [0.05, 0.1) is 5.69 Å². The van der Waals surface area contributed by atoms with Crippen LogP contribution in [0, 0.1) is 0 Å². The van der Waals surface area contributed by atoms with Gasteiger partial charge in [0.15, 0.2) is 5.13 Å². The summed E-state index contributed by atoms with van der Waals surface area (Å²) < 4.78 is 0. The van der Waals surface area contributed by atoms with Crippen LogP contribution in [0.1, 0.15) is 29.5 Å². The zero-order valence-corrected chi connectivity index (χ0v) is 13.0. The number of nitrogens with zero attached hydrogens (tertiary/aromatic N) is 1. The summed E-state index contributed by atoms with van der Waals surface area (Å²) in [6.45, 7) is 1.73. The predicted molar refractivity (Wildman–Crippen MR) is 83.6 cm³/mol. The SMILES string of the molecule is CC(=O)Nc1nc(CCc2csc(CCCO)c2)cs1. The van der Waals surface area contributed by atoms with E-state index in [1.807, 2.05) is 5.38 Å². The second-order valence-electron chi connectivity index (χ2n) is 4.57. The molecule has 4 nitrogen and oxygen atoms in total. The van der Waals surface area contributed by atoms with Crippen LogP contribution in [0.25, 0.3) is 0 Å². The summed E-state index contributed by atoms with van der Waals surface area (Å²) in [7, 11) is 0. The lowest BCUT2D eigenvalue weighted by molar-refractivity contribution is -0.114. The van der Waals surface area contributed by atoms with Crippen LogP contribution in [0.15, 0.2) is 16.8 Å². The van der Waals surface area contributed by atoms with Gasteiger partial charge in [0, 0.05) is 23.8 Å². The van der Waals surface area contributed by atoms with E-state index in [-0.39, 0.29) is 12.5 Å². The molecule has 0 spiro atoms. The van der Waals surface area contributed by atoms with E-state index in [1.54, 1.807) is 11.3 Å². The Kier molecular flexibility index (Phi) is 5.70. The average molecular weight is 310 g/mol. The first-order valence-electron chi connectivity index (χ1n) is 6.56. The number of aryl methyl sites for hydroxylation is 3. The fraction of sp³-hybridized carbons (Fsp3) is 0.429. The summed E-state index contributed by atoms with van der Waals surface area (Å²) in [6.07, 6.45) is 3.61. The average Bonchev–Trinajstić information content (AvgIpc) is 3.02. The molecule has 2 heterocycles. The highest BCUT2D eigenvalue weighted by Gasteiger charge is 2.05. The minimum atomic E-state index is -0.0859. The molecule has 0 unspecified atom stereocenters. The summed E-state index contributed by atoms with van der Waals surface area (Å²) in [4.78, 5) is 16.6. The van der Waals surface area contributed by atoms with Crippen molar-refractivity contribution in [3.63, 3.8) is 0 Å². The quantitative estimate of drug-likeness (QED) is 0.826. The molecule has 0 bridgehead atoms. The third-order valence-corrected chi connectivity index (χ3v) is 4.65. The van der Waals surface area contributed by atoms with Crippen molar-refractivity contribution in [2.75, 3.05) is 11.9 Å². The Morgan fingerprint density at radius 3 is 2.90 bits per heavy atom. The second kappa shape index (κ2) is 7.52. The molecule has 0 aliphatic carbocycles. The van der Waals surface area contributed by atoms with Crippen LogP contribution in [-0.4, -0.2) is 22.6 Å². The summed E-state index contributed by atoms with van der Waals surface area (Å²) >= 11 is 3.21. The molecule has 0 saturated heterocycles. The number of thiophene rings is 1. The number of aliphatic hydroxyl groups is 1. The molecule has 2 rings (SSSR count). The first kappa shape index (κ1) is 15.2. The summed E-state index contributed by atoms with van der Waals surface area (Å²) in [5, 5.41) is 16.3. The van der Waals surface area contributed by atoms with E-state index in [9.17, 15) is 4.79 Å². The van der Waals surface area contributed by atoms with E-state index in [1.165, 1.54) is 28.7 Å². The molecule has 0 fully saturated rings. The zero-order valence-electron chi connectivity index (χ0n) is 11.4. The molecule has 2 aromatic rings. The molecule has 2 N–H and O–H groups in total. The van der Waals surface area contributed by atoms with Gasteiger partial charge < -0.3 is 10.4 Å². The number of aliphatic hydroxyl groups excluding tert-OH is 1. The van der Waals surface area contributed by atoms with Crippen LogP contribution in [0.5, 0.6) is 0 Å². The van der Waals surface area contributed by atoms with E-state index in [0.717, 1.165) is 31.4 Å². The van der Waals surface area contributed by atoms with E-state index >= 15 is 0 Å². The highest BCUT2D eigenvalue weighted by atomic mass is 32.1. The normalized spacial score (nSPS) is 10.7. The Morgan fingerprint density at radius 1 is 1.30 bits per heavy atom. The summed E-state index contributed by atoms with van der Waals surface area (Å²) in [6, 6.07) is 2.21. The zero-order chi connectivity index (χ0) is 14.4. The summed E-state index contributed by atoms with van der Waals surface area (Å²) in [5.41, 5.74) is 2.33. The molecule has 0 aliphatic rings. The standard InChI is InChI=1S/C14H18N2O2S2/c1-10(18)15-14-16-12(9-20-14)5-4-11-7-13(19-8-11)3-2-6-17/h7-9,17H,2-6H2,1H3,(H,15,16,18). The highest BCUT2D eigenvalue weighted by Crippen LogP contribution is 2.20. The Morgan fingerprint density at radius 2 is 2.15 bits per heavy atom. The number of rotatable bonds is 7. The largest absolute Gasteiger partial charge is 0.396 e. The van der Waals surface area contributed by atoms with E-state index < -0.39 is 0 Å². The molecular weight excluding hydrogens is 292 g/mol. The number of hydrogen-bond donors (Lipinski definition) is 2. The minimum Gasteiger partial charge on any atom is -0.396 e. The highest BCUT2D eigenvalue weighted by molar-refractivity contribution is 7.13. The molecular formula is C14H18N2O2S2. The van der Waals surface area contributed by atoms with Gasteiger partial charge in [-0.3, -0.25) is 4.79 Å². The number of aromatic nitrogens is 1. The van der Waals surface area contributed by atoms with Gasteiger partial charge in [0.2, 0.25) is 5.91 Å². The van der Waals surface area contributed by atoms with Gasteiger partial charge in [0.25, 0.3) is 0 Å². The van der Waals surface area contributed by atoms with Crippen molar-refractivity contribution in [1.29, 1.82) is 0 Å². The molecule has 6 heteroatoms. The van der Waals surface area contributed by atoms with Gasteiger partial charge in [0.1, 0.15) is 0 Å². The predicted octanol–water partition coefficient (Wildman–Crippen LogP) is 2.87. The van der Waals surface area contributed by atoms with Crippen LogP contribution < -0.4 is 5.32 Å². The van der Waals surface area contributed by atoms with Gasteiger partial charge in [-0.15, -0.1) is 22.7 Å². The number of carbonyl (C=O) groups excluding carboxylic acids is 1. The van der Waals surface area contributed by atoms with Crippen molar-refractivity contribution in [2.24, 2.45) is 0 Å². The molecule has 1 amide bonds. The van der Waals surface area contributed by atoms with Gasteiger partial charge in [-0.2, -0.15) is 0 Å². The minimum absolute atomic E-state index is 0.0859. The van der Waals surface area contributed by atoms with Gasteiger partial charge >= 0.3 is 0 Å². The first-order valence-corrected chi connectivity index (χ1v) is 8.32. The number of hydrogen-bond acceptors (Lipinski definition) is 5. The second-order valence-corrected chi connectivity index (χ2v) is 6.43. The Hall–Kier alpha value is -1.24. The number of anilines is 1. The monoisotopic (exact) mass is 310 g/mol. The van der Waals surface area contributed by atoms with Crippen LogP contribution in [0.4, 0.5) is 5.13 Å². The fourth-order valence-corrected chi connectivity index (χ4v) is 3.60. The van der Waals surface area contributed by atoms with Crippen molar-refractivity contribution in [1.82, 2.24) is 4.98 Å². The molecule has 0 saturated carbocycles. The maximum Gasteiger partial charge on any atom is 0.223 e. The Balaban J connectivity index is 1.83. The number of amides is 1. The third-order valence-electron chi connectivity index (χ3n) is 2.79. The number of nitrogens with one attached hydrogen (secondary N) is 1. The fourth-order valence-electron chi connectivity index (χ4n) is 1.84. The van der Waals surface area contributed by atoms with Crippen molar-refractivity contribution in [2.45, 2.75) is 32.6 Å². The van der Waals surface area contributed by atoms with E-state index in [0.29, 0.717) is 5.13 Å². The van der Waals surface area contributed by atoms with E-state index in [4.69, 9.17) is 5.11 Å². The lowest BCUT2D eigenvalue weighted by atomic mass is 10.1. The van der Waals surface area contributed by atoms with Crippen LogP contribution >= 0.6 is 22.7 Å². The molecule has 0 aliphatic heterocycles. The molecule has 0 atom stereocenters. The lowest BCUT2D eigenvalue weighted by Gasteiger charge is -1.96. The molecule has 20 heavy (non-hydrogen) atoms. The summed E-state index contributed by atoms with van der Waals surface area (Å²) in [5.74, 6) is -0.0859. The smallest absolute Gasteiger partial charge is 0.223 e. The Labute approximate surface area is 126 Å². The van der Waals surface area contributed by atoms with E-state index in [2.05, 4.69) is 21.7 Å². The van der Waals surface area contributed by atoms with Gasteiger partial charge in [-0.05, 0) is 42.7 Å². The van der Waals surface area contributed by atoms with Crippen LogP contribution in [0.3, 0.4) is 0 Å². The molecule has 108 valence electrons. The Bertz CT molecular complexity index is 563. The maximum absolute atomic E-state index is 10.9. The van der Waals surface area contributed by atoms with Crippen molar-refractivity contribution < 1.29 is 9.90 Å². The van der Waals surface area contributed by atoms with Crippen LogP contribution in [0.2, 0.25) is 0 Å². The maximum atomic E-state index is 10.9. The molecule has 0 radical (unpaired) electrons. The first-order chi connectivity index (χ1) is 9.67. The van der Waals surface area contributed by atoms with Crippen molar-refractivity contribution in [3.05, 3.63) is 33.0 Å². The van der Waals surface area contributed by atoms with Gasteiger partial charge in [-0.25, -0.2) is 4.98 Å². The third kappa shape index (κ3) is 4.70. The number of carbonyl (C=O) groups is 1. The van der Waals surface area contributed by atoms with Crippen LogP contribution in [-0.2, 0) is 24.1 Å². The van der Waals surface area contributed by atoms with Gasteiger partial charge in [-0.1, -0.05) is 0 Å². The van der Waals surface area contributed by atoms with Crippen molar-refractivity contribution >= 4 is 33.7 Å². The molecule has 2 aromatic heterocycles. The topological polar surface area (TPSA) is 62.2 Å². The lowest BCUT2D eigenvalue weighted by Crippen LogP contribution is -2.05. The molecule has 0 aromatic carbocycles. The number of thiazole rings is 1.